The quantitative estimate of drug-likeness (QED) is 0.626. The van der Waals surface area contributed by atoms with Crippen LogP contribution in [-0.4, -0.2) is 35.4 Å². The molecule has 1 aromatic heterocycles. The predicted molar refractivity (Wildman–Crippen MR) is 111 cm³/mol. The number of carbonyl (C=O) groups is 1. The molecule has 1 fully saturated rings. The van der Waals surface area contributed by atoms with Crippen LogP contribution in [0.15, 0.2) is 54.6 Å². The molecule has 0 aliphatic carbocycles. The molecule has 1 atom stereocenters. The Kier molecular flexibility index (Phi) is 5.80. The summed E-state index contributed by atoms with van der Waals surface area (Å²) >= 11 is 1.76. The average molecular weight is 380 g/mol. The average Bonchev–Trinajstić information content (AvgIpc) is 3.32. The van der Waals surface area contributed by atoms with Gasteiger partial charge in [0.05, 0.1) is 22.8 Å². The molecule has 3 aromatic rings. The molecule has 1 amide bonds. The van der Waals surface area contributed by atoms with Gasteiger partial charge in [0, 0.05) is 6.54 Å². The molecule has 1 N–H and O–H groups in total. The third kappa shape index (κ3) is 4.54. The number of likely N-dealkylation sites (tertiary alicyclic amines) is 1. The molecule has 0 spiro atoms. The Morgan fingerprint density at radius 2 is 1.96 bits per heavy atom. The van der Waals surface area contributed by atoms with E-state index in [1.165, 1.54) is 10.3 Å². The zero-order chi connectivity index (χ0) is 18.5. The van der Waals surface area contributed by atoms with Gasteiger partial charge in [-0.3, -0.25) is 9.69 Å². The Labute approximate surface area is 164 Å². The Balaban J connectivity index is 1.28. The second-order valence-corrected chi connectivity index (χ2v) is 8.15. The fourth-order valence-corrected chi connectivity index (χ4v) is 4.87. The van der Waals surface area contributed by atoms with Crippen LogP contribution < -0.4 is 5.32 Å². The first-order chi connectivity index (χ1) is 13.3. The minimum absolute atomic E-state index is 0.121. The van der Waals surface area contributed by atoms with Crippen molar-refractivity contribution in [3.05, 3.63) is 65.2 Å². The molecule has 4 rings (SSSR count). The number of fused-ring (bicyclic) bond motifs is 1. The number of nitrogens with zero attached hydrogens (tertiary/aromatic N) is 2. The third-order valence-electron chi connectivity index (χ3n) is 5.11. The molecule has 2 aromatic carbocycles. The molecular weight excluding hydrogens is 354 g/mol. The van der Waals surface area contributed by atoms with Crippen LogP contribution in [0.5, 0.6) is 0 Å². The highest BCUT2D eigenvalue weighted by atomic mass is 32.1. The van der Waals surface area contributed by atoms with Crippen LogP contribution in [0.25, 0.3) is 10.2 Å². The van der Waals surface area contributed by atoms with Crippen molar-refractivity contribution >= 4 is 27.5 Å². The number of nitrogens with one attached hydrogen (secondary N) is 1. The van der Waals surface area contributed by atoms with Gasteiger partial charge >= 0.3 is 0 Å². The van der Waals surface area contributed by atoms with Gasteiger partial charge in [-0.1, -0.05) is 42.5 Å². The summed E-state index contributed by atoms with van der Waals surface area (Å²) in [6.45, 7) is 2.16. The number of amides is 1. The van der Waals surface area contributed by atoms with Crippen molar-refractivity contribution in [1.82, 2.24) is 15.2 Å². The second kappa shape index (κ2) is 8.63. The molecule has 1 aliphatic heterocycles. The van der Waals surface area contributed by atoms with Crippen molar-refractivity contribution in [3.8, 4) is 0 Å². The fraction of sp³-hybridized carbons (Fsp3) is 0.364. The zero-order valence-corrected chi connectivity index (χ0v) is 16.3. The lowest BCUT2D eigenvalue weighted by atomic mass is 10.1. The van der Waals surface area contributed by atoms with E-state index in [-0.39, 0.29) is 11.9 Å². The minimum Gasteiger partial charge on any atom is -0.355 e. The van der Waals surface area contributed by atoms with Crippen molar-refractivity contribution in [2.45, 2.75) is 31.7 Å². The molecule has 0 bridgehead atoms. The number of aryl methyl sites for hydroxylation is 1. The van der Waals surface area contributed by atoms with Gasteiger partial charge in [0.15, 0.2) is 0 Å². The summed E-state index contributed by atoms with van der Waals surface area (Å²) in [5.74, 6) is 0.121. The van der Waals surface area contributed by atoms with Gasteiger partial charge in [-0.25, -0.2) is 4.98 Å². The second-order valence-electron chi connectivity index (χ2n) is 7.09. The fourth-order valence-electron chi connectivity index (χ4n) is 3.73. The molecule has 0 saturated carbocycles. The maximum Gasteiger partial charge on any atom is 0.234 e. The van der Waals surface area contributed by atoms with E-state index in [1.807, 2.05) is 12.1 Å². The van der Waals surface area contributed by atoms with Crippen LogP contribution in [-0.2, 0) is 11.2 Å². The summed E-state index contributed by atoms with van der Waals surface area (Å²) in [6, 6.07) is 19.0. The Morgan fingerprint density at radius 3 is 2.81 bits per heavy atom. The SMILES string of the molecule is O=C(CN1CCC[C@H]1c1nc2ccccc2s1)NCCCc1ccccc1. The van der Waals surface area contributed by atoms with Gasteiger partial charge in [-0.2, -0.15) is 0 Å². The van der Waals surface area contributed by atoms with E-state index in [0.717, 1.165) is 49.3 Å². The molecule has 1 saturated heterocycles. The summed E-state index contributed by atoms with van der Waals surface area (Å²) in [6.07, 6.45) is 4.18. The lowest BCUT2D eigenvalue weighted by Gasteiger charge is -2.22. The smallest absolute Gasteiger partial charge is 0.234 e. The van der Waals surface area contributed by atoms with E-state index in [1.54, 1.807) is 11.3 Å². The molecule has 2 heterocycles. The Hall–Kier alpha value is -2.24. The van der Waals surface area contributed by atoms with Crippen LogP contribution in [0.2, 0.25) is 0 Å². The van der Waals surface area contributed by atoms with Gasteiger partial charge in [0.25, 0.3) is 0 Å². The van der Waals surface area contributed by atoms with Crippen LogP contribution >= 0.6 is 11.3 Å². The molecule has 0 radical (unpaired) electrons. The van der Waals surface area contributed by atoms with Crippen LogP contribution in [0.4, 0.5) is 0 Å². The molecule has 140 valence electrons. The topological polar surface area (TPSA) is 45.2 Å². The zero-order valence-electron chi connectivity index (χ0n) is 15.4. The highest BCUT2D eigenvalue weighted by Crippen LogP contribution is 2.36. The number of benzene rings is 2. The number of carbonyl (C=O) groups excluding carboxylic acids is 1. The summed E-state index contributed by atoms with van der Waals surface area (Å²) in [5.41, 5.74) is 2.39. The van der Waals surface area contributed by atoms with Gasteiger partial charge in [-0.15, -0.1) is 11.3 Å². The van der Waals surface area contributed by atoms with E-state index in [0.29, 0.717) is 6.54 Å². The number of hydrogen-bond donors (Lipinski definition) is 1. The lowest BCUT2D eigenvalue weighted by Crippen LogP contribution is -2.37. The first-order valence-corrected chi connectivity index (χ1v) is 10.5. The Morgan fingerprint density at radius 1 is 1.15 bits per heavy atom. The number of hydrogen-bond acceptors (Lipinski definition) is 4. The summed E-state index contributed by atoms with van der Waals surface area (Å²) < 4.78 is 1.23. The van der Waals surface area contributed by atoms with Crippen molar-refractivity contribution in [2.24, 2.45) is 0 Å². The number of rotatable bonds is 7. The lowest BCUT2D eigenvalue weighted by molar-refractivity contribution is -0.122. The molecule has 27 heavy (non-hydrogen) atoms. The largest absolute Gasteiger partial charge is 0.355 e. The van der Waals surface area contributed by atoms with Crippen molar-refractivity contribution in [1.29, 1.82) is 0 Å². The van der Waals surface area contributed by atoms with Gasteiger partial charge in [0.2, 0.25) is 5.91 Å². The van der Waals surface area contributed by atoms with E-state index in [4.69, 9.17) is 4.98 Å². The van der Waals surface area contributed by atoms with Crippen LogP contribution in [0.3, 0.4) is 0 Å². The maximum atomic E-state index is 12.4. The van der Waals surface area contributed by atoms with Crippen molar-refractivity contribution in [3.63, 3.8) is 0 Å². The van der Waals surface area contributed by atoms with Crippen molar-refractivity contribution < 1.29 is 4.79 Å². The van der Waals surface area contributed by atoms with Gasteiger partial charge in [0.1, 0.15) is 5.01 Å². The number of thiazole rings is 1. The predicted octanol–water partition coefficient (Wildman–Crippen LogP) is 4.18. The summed E-state index contributed by atoms with van der Waals surface area (Å²) in [5, 5.41) is 4.22. The van der Waals surface area contributed by atoms with Crippen molar-refractivity contribution in [2.75, 3.05) is 19.6 Å². The Bertz CT molecular complexity index is 860. The van der Waals surface area contributed by atoms with E-state index in [2.05, 4.69) is 52.7 Å². The minimum atomic E-state index is 0.121. The number of aromatic nitrogens is 1. The molecule has 0 unspecified atom stereocenters. The van der Waals surface area contributed by atoms with E-state index in [9.17, 15) is 4.79 Å². The summed E-state index contributed by atoms with van der Waals surface area (Å²) in [7, 11) is 0. The maximum absolute atomic E-state index is 12.4. The molecule has 1 aliphatic rings. The molecule has 4 nitrogen and oxygen atoms in total. The highest BCUT2D eigenvalue weighted by Gasteiger charge is 2.29. The molecular formula is C22H25N3OS. The van der Waals surface area contributed by atoms with E-state index < -0.39 is 0 Å². The van der Waals surface area contributed by atoms with Crippen LogP contribution in [0.1, 0.15) is 35.9 Å². The van der Waals surface area contributed by atoms with Gasteiger partial charge < -0.3 is 5.32 Å². The molecule has 5 heteroatoms. The monoisotopic (exact) mass is 379 g/mol. The third-order valence-corrected chi connectivity index (χ3v) is 6.25. The van der Waals surface area contributed by atoms with Gasteiger partial charge in [-0.05, 0) is 49.9 Å². The summed E-state index contributed by atoms with van der Waals surface area (Å²) in [4.78, 5) is 19.5. The normalized spacial score (nSPS) is 17.4. The standard InChI is InChI=1S/C22H25N3OS/c26-21(23-14-6-10-17-8-2-1-3-9-17)16-25-15-7-12-19(25)22-24-18-11-4-5-13-20(18)27-22/h1-5,8-9,11,13,19H,6-7,10,12,14-16H2,(H,23,26)/t19-/m0/s1. The van der Waals surface area contributed by atoms with E-state index >= 15 is 0 Å². The van der Waals surface area contributed by atoms with Crippen LogP contribution in [0, 0.1) is 0 Å². The number of para-hydroxylation sites is 1. The highest BCUT2D eigenvalue weighted by molar-refractivity contribution is 7.18. The first-order valence-electron chi connectivity index (χ1n) is 9.70. The first kappa shape index (κ1) is 18.1.